The molecule has 1 atom stereocenters. The van der Waals surface area contributed by atoms with Crippen molar-refractivity contribution in [3.05, 3.63) is 47.5 Å². The van der Waals surface area contributed by atoms with Crippen LogP contribution in [0.3, 0.4) is 0 Å². The van der Waals surface area contributed by atoms with E-state index in [1.165, 1.54) is 11.8 Å². The molecule has 0 saturated carbocycles. The monoisotopic (exact) mass is 278 g/mol. The van der Waals surface area contributed by atoms with E-state index < -0.39 is 5.97 Å². The second-order valence-corrected chi connectivity index (χ2v) is 5.17. The first-order chi connectivity index (χ1) is 9.15. The highest BCUT2D eigenvalue weighted by atomic mass is 32.2. The van der Waals surface area contributed by atoms with E-state index in [0.29, 0.717) is 0 Å². The van der Waals surface area contributed by atoms with Crippen LogP contribution in [0.1, 0.15) is 12.0 Å². The van der Waals surface area contributed by atoms with Crippen molar-refractivity contribution in [2.24, 2.45) is 0 Å². The van der Waals surface area contributed by atoms with E-state index in [2.05, 4.69) is 5.43 Å². The van der Waals surface area contributed by atoms with Gasteiger partial charge in [0.1, 0.15) is 5.37 Å². The summed E-state index contributed by atoms with van der Waals surface area (Å²) in [5.41, 5.74) is 3.63. The van der Waals surface area contributed by atoms with Gasteiger partial charge in [0.25, 0.3) is 0 Å². The lowest BCUT2D eigenvalue weighted by molar-refractivity contribution is -0.138. The lowest BCUT2D eigenvalue weighted by Gasteiger charge is -2.23. The van der Waals surface area contributed by atoms with Crippen molar-refractivity contribution < 1.29 is 14.7 Å². The molecule has 0 radical (unpaired) electrons. The number of nitrogens with one attached hydrogen (secondary N) is 1. The summed E-state index contributed by atoms with van der Waals surface area (Å²) < 4.78 is 0. The summed E-state index contributed by atoms with van der Waals surface area (Å²) in [6, 6.07) is 9.40. The molecule has 0 aromatic heterocycles. The molecule has 0 aliphatic carbocycles. The van der Waals surface area contributed by atoms with Gasteiger partial charge in [0.2, 0.25) is 5.91 Å². The summed E-state index contributed by atoms with van der Waals surface area (Å²) in [7, 11) is 0. The van der Waals surface area contributed by atoms with Gasteiger partial charge in [-0.2, -0.15) is 0 Å². The van der Waals surface area contributed by atoms with Crippen LogP contribution in [0, 0.1) is 0 Å². The second kappa shape index (κ2) is 6.29. The third kappa shape index (κ3) is 4.03. The Morgan fingerprint density at radius 3 is 2.74 bits per heavy atom. The van der Waals surface area contributed by atoms with Crippen molar-refractivity contribution in [2.45, 2.75) is 18.2 Å². The van der Waals surface area contributed by atoms with E-state index in [1.807, 2.05) is 30.3 Å². The molecule has 0 spiro atoms. The Bertz CT molecular complexity index is 490. The lowest BCUT2D eigenvalue weighted by Crippen LogP contribution is -2.43. The predicted octanol–water partition coefficient (Wildman–Crippen LogP) is 1.58. The van der Waals surface area contributed by atoms with Crippen molar-refractivity contribution in [1.29, 1.82) is 0 Å². The third-order valence-electron chi connectivity index (χ3n) is 2.58. The first-order valence-corrected chi connectivity index (χ1v) is 6.75. The molecule has 1 aliphatic heterocycles. The molecule has 6 heteroatoms. The Morgan fingerprint density at radius 2 is 2.05 bits per heavy atom. The van der Waals surface area contributed by atoms with Crippen LogP contribution in [0.15, 0.2) is 41.9 Å². The van der Waals surface area contributed by atoms with Gasteiger partial charge in [-0.15, -0.1) is 11.8 Å². The summed E-state index contributed by atoms with van der Waals surface area (Å²) >= 11 is 1.38. The zero-order valence-corrected chi connectivity index (χ0v) is 11.0. The lowest BCUT2D eigenvalue weighted by atomic mass is 10.1. The zero-order chi connectivity index (χ0) is 13.7. The van der Waals surface area contributed by atoms with Gasteiger partial charge in [-0.05, 0) is 11.0 Å². The number of carbonyl (C=O) groups is 2. The van der Waals surface area contributed by atoms with E-state index >= 15 is 0 Å². The summed E-state index contributed by atoms with van der Waals surface area (Å²) in [6.45, 7) is 0. The van der Waals surface area contributed by atoms with Crippen LogP contribution in [0.2, 0.25) is 0 Å². The Morgan fingerprint density at radius 1 is 1.32 bits per heavy atom. The number of nitrogens with zero attached hydrogens (tertiary/aromatic N) is 1. The van der Waals surface area contributed by atoms with Gasteiger partial charge in [0.05, 0.1) is 12.8 Å². The fourth-order valence-electron chi connectivity index (χ4n) is 1.72. The number of thioether (sulfide) groups is 1. The van der Waals surface area contributed by atoms with Crippen LogP contribution in [0.5, 0.6) is 0 Å². The molecule has 1 aliphatic rings. The Balaban J connectivity index is 1.88. The number of carboxylic acid groups (broad SMARTS) is 1. The van der Waals surface area contributed by atoms with Crippen LogP contribution in [0.4, 0.5) is 0 Å². The number of hydrogen-bond donors (Lipinski definition) is 2. The minimum absolute atomic E-state index is 0.0245. The molecule has 1 unspecified atom stereocenters. The van der Waals surface area contributed by atoms with E-state index in [9.17, 15) is 9.59 Å². The molecule has 0 bridgehead atoms. The number of benzene rings is 1. The smallest absolute Gasteiger partial charge is 0.306 e. The Hall–Kier alpha value is -1.95. The predicted molar refractivity (Wildman–Crippen MR) is 72.9 cm³/mol. The molecule has 2 N–H and O–H groups in total. The molecule has 100 valence electrons. The number of carboxylic acids is 1. The van der Waals surface area contributed by atoms with E-state index in [0.717, 1.165) is 5.56 Å². The topological polar surface area (TPSA) is 69.6 Å². The standard InChI is InChI=1S/C13H14N2O3S/c16-11(8-10-4-2-1-3-5-10)14-15-6-7-19-12(15)9-13(17)18/h1-7,12H,8-9H2,(H,14,16)(H,17,18). The highest BCUT2D eigenvalue weighted by molar-refractivity contribution is 8.02. The number of amides is 1. The maximum Gasteiger partial charge on any atom is 0.306 e. The highest BCUT2D eigenvalue weighted by Crippen LogP contribution is 2.25. The van der Waals surface area contributed by atoms with Crippen molar-refractivity contribution in [3.8, 4) is 0 Å². The molecule has 1 aromatic carbocycles. The molecule has 2 rings (SSSR count). The van der Waals surface area contributed by atoms with Gasteiger partial charge in [-0.25, -0.2) is 0 Å². The quantitative estimate of drug-likeness (QED) is 0.856. The minimum Gasteiger partial charge on any atom is -0.481 e. The van der Waals surface area contributed by atoms with Gasteiger partial charge in [0, 0.05) is 6.20 Å². The fraction of sp³-hybridized carbons (Fsp3) is 0.231. The number of hydrazine groups is 1. The van der Waals surface area contributed by atoms with Crippen LogP contribution >= 0.6 is 11.8 Å². The summed E-state index contributed by atoms with van der Waals surface area (Å²) in [5.74, 6) is -1.04. The molecule has 1 aromatic rings. The van der Waals surface area contributed by atoms with Crippen LogP contribution in [0.25, 0.3) is 0 Å². The normalized spacial score (nSPS) is 17.5. The maximum atomic E-state index is 11.9. The highest BCUT2D eigenvalue weighted by Gasteiger charge is 2.24. The van der Waals surface area contributed by atoms with Crippen molar-refractivity contribution in [1.82, 2.24) is 10.4 Å². The van der Waals surface area contributed by atoms with E-state index in [4.69, 9.17) is 5.11 Å². The molecule has 5 nitrogen and oxygen atoms in total. The molecule has 0 saturated heterocycles. The average Bonchev–Trinajstić information content (AvgIpc) is 2.77. The van der Waals surface area contributed by atoms with E-state index in [-0.39, 0.29) is 24.1 Å². The zero-order valence-electron chi connectivity index (χ0n) is 10.2. The Kier molecular flexibility index (Phi) is 4.46. The molecular formula is C13H14N2O3S. The molecule has 1 amide bonds. The largest absolute Gasteiger partial charge is 0.481 e. The average molecular weight is 278 g/mol. The maximum absolute atomic E-state index is 11.9. The first-order valence-electron chi connectivity index (χ1n) is 5.81. The number of carbonyl (C=O) groups excluding carboxylic acids is 1. The van der Waals surface area contributed by atoms with E-state index in [1.54, 1.807) is 16.6 Å². The van der Waals surface area contributed by atoms with Crippen LogP contribution in [-0.2, 0) is 16.0 Å². The van der Waals surface area contributed by atoms with Crippen LogP contribution in [-0.4, -0.2) is 27.4 Å². The molecule has 0 fully saturated rings. The van der Waals surface area contributed by atoms with Crippen molar-refractivity contribution >= 4 is 23.6 Å². The molecular weight excluding hydrogens is 264 g/mol. The van der Waals surface area contributed by atoms with Gasteiger partial charge in [-0.3, -0.25) is 20.0 Å². The summed E-state index contributed by atoms with van der Waals surface area (Å²) in [4.78, 5) is 22.6. The van der Waals surface area contributed by atoms with Gasteiger partial charge < -0.3 is 5.11 Å². The van der Waals surface area contributed by atoms with Crippen molar-refractivity contribution in [2.75, 3.05) is 0 Å². The van der Waals surface area contributed by atoms with Gasteiger partial charge in [-0.1, -0.05) is 30.3 Å². The summed E-state index contributed by atoms with van der Waals surface area (Å²) in [5, 5.41) is 11.8. The number of aliphatic carboxylic acids is 1. The Labute approximate surface area is 115 Å². The fourth-order valence-corrected chi connectivity index (χ4v) is 2.60. The van der Waals surface area contributed by atoms with Crippen molar-refractivity contribution in [3.63, 3.8) is 0 Å². The molecule has 1 heterocycles. The number of hydrogen-bond acceptors (Lipinski definition) is 4. The van der Waals surface area contributed by atoms with Gasteiger partial charge >= 0.3 is 5.97 Å². The second-order valence-electron chi connectivity index (χ2n) is 4.08. The van der Waals surface area contributed by atoms with Crippen LogP contribution < -0.4 is 5.43 Å². The summed E-state index contributed by atoms with van der Waals surface area (Å²) in [6.07, 6.45) is 1.93. The number of rotatable bonds is 5. The molecule has 19 heavy (non-hydrogen) atoms. The van der Waals surface area contributed by atoms with Gasteiger partial charge in [0.15, 0.2) is 0 Å². The SMILES string of the molecule is O=C(O)CC1SC=CN1NC(=O)Cc1ccccc1. The third-order valence-corrected chi connectivity index (χ3v) is 3.56. The minimum atomic E-state index is -0.886. The first kappa shape index (κ1) is 13.5.